The maximum atomic E-state index is 9.87. The van der Waals surface area contributed by atoms with Gasteiger partial charge in [-0.2, -0.15) is 0 Å². The van der Waals surface area contributed by atoms with Gasteiger partial charge in [0.15, 0.2) is 0 Å². The van der Waals surface area contributed by atoms with E-state index in [2.05, 4.69) is 5.92 Å². The molecule has 4 aliphatic rings. The highest BCUT2D eigenvalue weighted by Crippen LogP contribution is 2.71. The minimum absolute atomic E-state index is 0.191. The van der Waals surface area contributed by atoms with E-state index in [1.165, 1.54) is 0 Å². The molecule has 76 valence electrons. The van der Waals surface area contributed by atoms with E-state index >= 15 is 0 Å². The highest BCUT2D eigenvalue weighted by atomic mass is 32.2. The summed E-state index contributed by atoms with van der Waals surface area (Å²) in [4.78, 5) is 0. The summed E-state index contributed by atoms with van der Waals surface area (Å²) >= 11 is 1.58. The third-order valence-corrected chi connectivity index (χ3v) is 5.97. The van der Waals surface area contributed by atoms with Gasteiger partial charge in [0.05, 0.1) is 5.41 Å². The predicted octanol–water partition coefficient (Wildman–Crippen LogP) is 0.799. The molecule has 0 spiro atoms. The van der Waals surface area contributed by atoms with E-state index in [4.69, 9.17) is 12.2 Å². The average molecular weight is 209 g/mol. The predicted molar refractivity (Wildman–Crippen MR) is 57.5 cm³/mol. The van der Waals surface area contributed by atoms with Crippen molar-refractivity contribution in [2.45, 2.75) is 30.7 Å². The van der Waals surface area contributed by atoms with Crippen LogP contribution >= 0.6 is 11.8 Å². The lowest BCUT2D eigenvalue weighted by molar-refractivity contribution is -0.0371. The molecule has 4 fully saturated rings. The van der Waals surface area contributed by atoms with Crippen LogP contribution in [0.2, 0.25) is 0 Å². The summed E-state index contributed by atoms with van der Waals surface area (Å²) in [7, 11) is 0. The van der Waals surface area contributed by atoms with Crippen LogP contribution in [0.4, 0.5) is 0 Å². The van der Waals surface area contributed by atoms with Crippen molar-refractivity contribution in [1.82, 2.24) is 0 Å². The quantitative estimate of drug-likeness (QED) is 0.628. The van der Waals surface area contributed by atoms with E-state index < -0.39 is 0 Å². The highest BCUT2D eigenvalue weighted by molar-refractivity contribution is 8.01. The van der Waals surface area contributed by atoms with Gasteiger partial charge in [0.25, 0.3) is 0 Å². The molecule has 4 rings (SSSR count). The Hall–Kier alpha value is -0.170. The van der Waals surface area contributed by atoms with E-state index in [-0.39, 0.29) is 16.3 Å². The molecule has 2 unspecified atom stereocenters. The summed E-state index contributed by atoms with van der Waals surface area (Å²) in [5.41, 5.74) is 5.62. The second kappa shape index (κ2) is 2.49. The SMILES string of the molecule is C#C[C@]1(C23CC(N)C(C2)C3)CSC1O. The normalized spacial score (nSPS) is 59.9. The molecule has 2 nitrogen and oxygen atoms in total. The number of fused-ring (bicyclic) bond motifs is 1. The second-order valence-electron chi connectivity index (χ2n) is 5.10. The fourth-order valence-corrected chi connectivity index (χ4v) is 4.94. The summed E-state index contributed by atoms with van der Waals surface area (Å²) in [6.45, 7) is 0. The lowest BCUT2D eigenvalue weighted by Gasteiger charge is -2.57. The molecule has 0 aromatic heterocycles. The van der Waals surface area contributed by atoms with Gasteiger partial charge < -0.3 is 10.8 Å². The van der Waals surface area contributed by atoms with Crippen LogP contribution in [0.3, 0.4) is 0 Å². The molecular weight excluding hydrogens is 194 g/mol. The van der Waals surface area contributed by atoms with E-state index in [1.807, 2.05) is 0 Å². The molecule has 1 heterocycles. The van der Waals surface area contributed by atoms with Gasteiger partial charge in [-0.1, -0.05) is 5.92 Å². The third kappa shape index (κ3) is 0.756. The molecule has 1 saturated heterocycles. The van der Waals surface area contributed by atoms with E-state index in [9.17, 15) is 5.11 Å². The molecule has 1 aliphatic heterocycles. The first-order chi connectivity index (χ1) is 6.63. The number of hydrogen-bond donors (Lipinski definition) is 2. The van der Waals surface area contributed by atoms with Crippen LogP contribution in [-0.2, 0) is 0 Å². The van der Waals surface area contributed by atoms with E-state index in [1.54, 1.807) is 11.8 Å². The van der Waals surface area contributed by atoms with Crippen molar-refractivity contribution < 1.29 is 5.11 Å². The van der Waals surface area contributed by atoms with Gasteiger partial charge in [-0.3, -0.25) is 0 Å². The van der Waals surface area contributed by atoms with E-state index in [0.29, 0.717) is 12.0 Å². The number of aliphatic hydroxyl groups excluding tert-OH is 1. The summed E-state index contributed by atoms with van der Waals surface area (Å²) in [5, 5.41) is 9.87. The lowest BCUT2D eigenvalue weighted by atomic mass is 9.54. The van der Waals surface area contributed by atoms with Gasteiger partial charge in [0.1, 0.15) is 5.44 Å². The first-order valence-electron chi connectivity index (χ1n) is 5.17. The molecule has 14 heavy (non-hydrogen) atoms. The van der Waals surface area contributed by atoms with Crippen molar-refractivity contribution in [2.75, 3.05) is 5.75 Å². The highest BCUT2D eigenvalue weighted by Gasteiger charge is 2.69. The van der Waals surface area contributed by atoms with Crippen molar-refractivity contribution in [3.05, 3.63) is 0 Å². The molecule has 3 N–H and O–H groups in total. The second-order valence-corrected chi connectivity index (χ2v) is 6.16. The van der Waals surface area contributed by atoms with Crippen LogP contribution in [0.25, 0.3) is 0 Å². The van der Waals surface area contributed by atoms with Crippen LogP contribution in [0.15, 0.2) is 0 Å². The minimum atomic E-state index is -0.348. The van der Waals surface area contributed by atoms with Gasteiger partial charge in [-0.15, -0.1) is 18.2 Å². The number of thioether (sulfide) groups is 1. The van der Waals surface area contributed by atoms with Crippen LogP contribution < -0.4 is 5.73 Å². The fraction of sp³-hybridized carbons (Fsp3) is 0.818. The summed E-state index contributed by atoms with van der Waals surface area (Å²) in [6.07, 6.45) is 8.96. The standard InChI is InChI=1S/C11H15NOS/c1-2-11(6-14-9(11)13)10-3-7(4-10)8(12)5-10/h1,7-9,13H,3-6,12H2/t7?,8?,9?,10?,11-/m0/s1. The Labute approximate surface area is 88.6 Å². The fourth-order valence-electron chi connectivity index (χ4n) is 3.58. The van der Waals surface area contributed by atoms with Crippen molar-refractivity contribution >= 4 is 11.8 Å². The Morgan fingerprint density at radius 1 is 1.43 bits per heavy atom. The first kappa shape index (κ1) is 9.08. The molecule has 2 bridgehead atoms. The zero-order valence-corrected chi connectivity index (χ0v) is 8.89. The first-order valence-corrected chi connectivity index (χ1v) is 6.21. The Morgan fingerprint density at radius 2 is 2.14 bits per heavy atom. The lowest BCUT2D eigenvalue weighted by Crippen LogP contribution is -2.58. The zero-order chi connectivity index (χ0) is 9.97. The zero-order valence-electron chi connectivity index (χ0n) is 8.07. The molecule has 0 aromatic carbocycles. The number of terminal acetylenes is 1. The molecule has 0 amide bonds. The largest absolute Gasteiger partial charge is 0.381 e. The van der Waals surface area contributed by atoms with Crippen LogP contribution in [0.5, 0.6) is 0 Å². The van der Waals surface area contributed by atoms with Crippen LogP contribution in [0, 0.1) is 29.1 Å². The Bertz CT molecular complexity index is 318. The molecule has 3 aliphatic carbocycles. The minimum Gasteiger partial charge on any atom is -0.381 e. The van der Waals surface area contributed by atoms with Crippen molar-refractivity contribution in [1.29, 1.82) is 0 Å². The number of rotatable bonds is 1. The number of aliphatic hydroxyl groups is 1. The third-order valence-electron chi connectivity index (χ3n) is 4.63. The number of nitrogens with two attached hydrogens (primary N) is 1. The van der Waals surface area contributed by atoms with Crippen LogP contribution in [0.1, 0.15) is 19.3 Å². The average Bonchev–Trinajstić information content (AvgIpc) is 2.56. The monoisotopic (exact) mass is 209 g/mol. The van der Waals surface area contributed by atoms with Gasteiger partial charge in [-0.25, -0.2) is 0 Å². The Morgan fingerprint density at radius 3 is 2.43 bits per heavy atom. The number of hydrogen-bond acceptors (Lipinski definition) is 3. The van der Waals surface area contributed by atoms with Crippen molar-refractivity contribution in [3.63, 3.8) is 0 Å². The van der Waals surface area contributed by atoms with Crippen molar-refractivity contribution in [3.8, 4) is 12.3 Å². The molecule has 0 radical (unpaired) electrons. The van der Waals surface area contributed by atoms with Crippen molar-refractivity contribution in [2.24, 2.45) is 22.5 Å². The molecular formula is C11H15NOS. The van der Waals surface area contributed by atoms with E-state index in [0.717, 1.165) is 25.0 Å². The summed E-state index contributed by atoms with van der Waals surface area (Å²) in [6, 6.07) is 0.332. The van der Waals surface area contributed by atoms with Gasteiger partial charge in [0.2, 0.25) is 0 Å². The Balaban J connectivity index is 1.93. The Kier molecular flexibility index (Phi) is 1.62. The molecule has 3 saturated carbocycles. The molecule has 3 heteroatoms. The molecule has 3 atom stereocenters. The maximum absolute atomic E-state index is 9.87. The molecule has 0 aromatic rings. The van der Waals surface area contributed by atoms with Gasteiger partial charge in [-0.05, 0) is 30.6 Å². The summed E-state index contributed by atoms with van der Waals surface area (Å²) < 4.78 is 0. The smallest absolute Gasteiger partial charge is 0.117 e. The van der Waals surface area contributed by atoms with Gasteiger partial charge in [0, 0.05) is 11.8 Å². The van der Waals surface area contributed by atoms with Gasteiger partial charge >= 0.3 is 0 Å². The van der Waals surface area contributed by atoms with Crippen LogP contribution in [-0.4, -0.2) is 22.3 Å². The topological polar surface area (TPSA) is 46.2 Å². The summed E-state index contributed by atoms with van der Waals surface area (Å²) in [5.74, 6) is 4.48. The maximum Gasteiger partial charge on any atom is 0.117 e.